The lowest BCUT2D eigenvalue weighted by molar-refractivity contribution is 1.06. The van der Waals surface area contributed by atoms with E-state index < -0.39 is 0 Å². The molecule has 0 radical (unpaired) electrons. The molecule has 2 aromatic rings. The lowest BCUT2D eigenvalue weighted by atomic mass is 10.2. The second kappa shape index (κ2) is 5.67. The summed E-state index contributed by atoms with van der Waals surface area (Å²) in [5.41, 5.74) is 2.08. The summed E-state index contributed by atoms with van der Waals surface area (Å²) >= 11 is 3.50. The number of aromatic nitrogens is 2. The number of hydrogen-bond donors (Lipinski definition) is 2. The minimum atomic E-state index is 0.473. The van der Waals surface area contributed by atoms with Crippen LogP contribution in [0.5, 0.6) is 0 Å². The predicted octanol–water partition coefficient (Wildman–Crippen LogP) is 3.49. The molecule has 19 heavy (non-hydrogen) atoms. The smallest absolute Gasteiger partial charge is 0.182 e. The van der Waals surface area contributed by atoms with Crippen molar-refractivity contribution in [2.75, 3.05) is 10.6 Å². The molecule has 0 spiro atoms. The van der Waals surface area contributed by atoms with Crippen molar-refractivity contribution in [3.05, 3.63) is 40.1 Å². The lowest BCUT2D eigenvalue weighted by Crippen LogP contribution is -2.01. The summed E-state index contributed by atoms with van der Waals surface area (Å²) in [6, 6.07) is 7.68. The highest BCUT2D eigenvalue weighted by Gasteiger charge is 2.04. The number of anilines is 3. The number of benzene rings is 1. The Morgan fingerprint density at radius 3 is 2.58 bits per heavy atom. The highest BCUT2D eigenvalue weighted by Crippen LogP contribution is 2.26. The molecule has 0 aliphatic heterocycles. The number of hydrogen-bond acceptors (Lipinski definition) is 5. The van der Waals surface area contributed by atoms with Crippen molar-refractivity contribution < 1.29 is 0 Å². The number of rotatable bonds is 3. The molecule has 2 N–H and O–H groups in total. The Kier molecular flexibility index (Phi) is 3.97. The zero-order chi connectivity index (χ0) is 13.8. The van der Waals surface area contributed by atoms with Gasteiger partial charge in [0.1, 0.15) is 17.5 Å². The van der Waals surface area contributed by atoms with Gasteiger partial charge in [-0.15, -0.1) is 0 Å². The molecule has 2 rings (SSSR count). The van der Waals surface area contributed by atoms with Crippen molar-refractivity contribution in [2.45, 2.75) is 13.8 Å². The van der Waals surface area contributed by atoms with Gasteiger partial charge in [-0.2, -0.15) is 5.26 Å². The minimum Gasteiger partial charge on any atom is -0.339 e. The number of halogens is 1. The molecule has 6 heteroatoms. The number of nitriles is 1. The topological polar surface area (TPSA) is 73.6 Å². The third-order valence-corrected chi connectivity index (χ3v) is 3.07. The Morgan fingerprint density at radius 2 is 1.89 bits per heavy atom. The van der Waals surface area contributed by atoms with Crippen molar-refractivity contribution in [1.82, 2.24) is 9.97 Å². The molecule has 0 bridgehead atoms. The first-order valence-electron chi connectivity index (χ1n) is 5.62. The highest BCUT2D eigenvalue weighted by atomic mass is 79.9. The Balaban J connectivity index is 2.30. The maximum atomic E-state index is 8.62. The van der Waals surface area contributed by atoms with Gasteiger partial charge < -0.3 is 5.32 Å². The molecule has 0 aliphatic rings. The van der Waals surface area contributed by atoms with Crippen LogP contribution in [0.1, 0.15) is 11.4 Å². The predicted molar refractivity (Wildman–Crippen MR) is 78.2 cm³/mol. The largest absolute Gasteiger partial charge is 0.339 e. The van der Waals surface area contributed by atoms with Crippen LogP contribution in [-0.2, 0) is 0 Å². The number of nitrogens with zero attached hydrogens (tertiary/aromatic N) is 3. The third kappa shape index (κ3) is 3.42. The van der Waals surface area contributed by atoms with Crippen molar-refractivity contribution in [2.24, 2.45) is 0 Å². The Labute approximate surface area is 119 Å². The van der Waals surface area contributed by atoms with Gasteiger partial charge in [0.05, 0.1) is 5.69 Å². The molecule has 0 fully saturated rings. The van der Waals surface area contributed by atoms with Crippen LogP contribution in [0.3, 0.4) is 0 Å². The summed E-state index contributed by atoms with van der Waals surface area (Å²) in [5.74, 6) is 1.70. The first-order chi connectivity index (χ1) is 9.08. The van der Waals surface area contributed by atoms with Crippen LogP contribution in [0.25, 0.3) is 0 Å². The molecule has 1 aromatic carbocycles. The number of aryl methyl sites for hydroxylation is 2. The average molecular weight is 318 g/mol. The van der Waals surface area contributed by atoms with Crippen LogP contribution < -0.4 is 10.6 Å². The Hall–Kier alpha value is -2.13. The van der Waals surface area contributed by atoms with Gasteiger partial charge in [-0.05, 0) is 47.5 Å². The standard InChI is InChI=1S/C13H12BrN5/c1-8-3-4-11(10(14)5-8)19-13-6-12(16-7-15)17-9(2)18-13/h3-6H,1-2H3,(H2,16,17,18,19). The van der Waals surface area contributed by atoms with Gasteiger partial charge in [0.15, 0.2) is 6.19 Å². The van der Waals surface area contributed by atoms with Crippen molar-refractivity contribution >= 4 is 33.3 Å². The van der Waals surface area contributed by atoms with E-state index in [0.717, 1.165) is 10.2 Å². The van der Waals surface area contributed by atoms with E-state index in [0.29, 0.717) is 17.5 Å². The van der Waals surface area contributed by atoms with E-state index in [4.69, 9.17) is 5.26 Å². The minimum absolute atomic E-state index is 0.473. The van der Waals surface area contributed by atoms with Crippen molar-refractivity contribution in [1.29, 1.82) is 5.26 Å². The van der Waals surface area contributed by atoms with Gasteiger partial charge in [0.2, 0.25) is 0 Å². The molecule has 1 aromatic heterocycles. The van der Waals surface area contributed by atoms with Gasteiger partial charge in [-0.1, -0.05) is 6.07 Å². The Morgan fingerprint density at radius 1 is 1.16 bits per heavy atom. The van der Waals surface area contributed by atoms with Crippen LogP contribution in [0.4, 0.5) is 17.3 Å². The fourth-order valence-electron chi connectivity index (χ4n) is 1.61. The van der Waals surface area contributed by atoms with E-state index in [2.05, 4.69) is 36.5 Å². The monoisotopic (exact) mass is 317 g/mol. The zero-order valence-corrected chi connectivity index (χ0v) is 12.1. The van der Waals surface area contributed by atoms with Gasteiger partial charge in [-0.25, -0.2) is 9.97 Å². The molecular formula is C13H12BrN5. The van der Waals surface area contributed by atoms with E-state index in [9.17, 15) is 0 Å². The zero-order valence-electron chi connectivity index (χ0n) is 10.5. The normalized spacial score (nSPS) is 9.79. The van der Waals surface area contributed by atoms with Crippen LogP contribution >= 0.6 is 15.9 Å². The molecule has 5 nitrogen and oxygen atoms in total. The summed E-state index contributed by atoms with van der Waals surface area (Å²) in [4.78, 5) is 8.39. The van der Waals surface area contributed by atoms with E-state index in [1.54, 1.807) is 13.0 Å². The molecule has 96 valence electrons. The highest BCUT2D eigenvalue weighted by molar-refractivity contribution is 9.10. The fourth-order valence-corrected chi connectivity index (χ4v) is 2.20. The van der Waals surface area contributed by atoms with E-state index in [1.807, 2.05) is 31.3 Å². The van der Waals surface area contributed by atoms with Crippen molar-refractivity contribution in [3.63, 3.8) is 0 Å². The van der Waals surface area contributed by atoms with E-state index in [-0.39, 0.29) is 0 Å². The summed E-state index contributed by atoms with van der Waals surface area (Å²) in [7, 11) is 0. The van der Waals surface area contributed by atoms with Gasteiger partial charge in [0, 0.05) is 10.5 Å². The molecule has 0 saturated carbocycles. The summed E-state index contributed by atoms with van der Waals surface area (Å²) < 4.78 is 0.957. The lowest BCUT2D eigenvalue weighted by Gasteiger charge is -2.10. The summed E-state index contributed by atoms with van der Waals surface area (Å²) in [5, 5.41) is 14.3. The fraction of sp³-hybridized carbons (Fsp3) is 0.154. The quantitative estimate of drug-likeness (QED) is 0.669. The molecule has 0 saturated heterocycles. The molecule has 1 heterocycles. The molecule has 0 unspecified atom stereocenters. The van der Waals surface area contributed by atoms with Crippen LogP contribution in [0, 0.1) is 25.3 Å². The van der Waals surface area contributed by atoms with E-state index in [1.165, 1.54) is 5.56 Å². The summed E-state index contributed by atoms with van der Waals surface area (Å²) in [6.07, 6.45) is 1.84. The number of nitrogens with one attached hydrogen (secondary N) is 2. The molecular weight excluding hydrogens is 306 g/mol. The first-order valence-corrected chi connectivity index (χ1v) is 6.42. The van der Waals surface area contributed by atoms with Gasteiger partial charge >= 0.3 is 0 Å². The maximum absolute atomic E-state index is 8.62. The molecule has 0 aliphatic carbocycles. The van der Waals surface area contributed by atoms with Gasteiger partial charge in [-0.3, -0.25) is 5.32 Å². The summed E-state index contributed by atoms with van der Waals surface area (Å²) in [6.45, 7) is 3.80. The van der Waals surface area contributed by atoms with E-state index >= 15 is 0 Å². The second-order valence-electron chi connectivity index (χ2n) is 4.03. The van der Waals surface area contributed by atoms with Crippen molar-refractivity contribution in [3.8, 4) is 6.19 Å². The SMILES string of the molecule is Cc1ccc(Nc2cc(NC#N)nc(C)n2)c(Br)c1. The second-order valence-corrected chi connectivity index (χ2v) is 4.89. The van der Waals surface area contributed by atoms with Crippen LogP contribution in [0.2, 0.25) is 0 Å². The molecule has 0 atom stereocenters. The molecule has 0 amide bonds. The average Bonchev–Trinajstić information content (AvgIpc) is 2.32. The third-order valence-electron chi connectivity index (χ3n) is 2.41. The van der Waals surface area contributed by atoms with Crippen LogP contribution in [-0.4, -0.2) is 9.97 Å². The Bertz CT molecular complexity index is 648. The first kappa shape index (κ1) is 13.3. The van der Waals surface area contributed by atoms with Gasteiger partial charge in [0.25, 0.3) is 0 Å². The van der Waals surface area contributed by atoms with Crippen LogP contribution in [0.15, 0.2) is 28.7 Å². The maximum Gasteiger partial charge on any atom is 0.182 e.